The molecule has 0 saturated heterocycles. The molecule has 0 aliphatic rings. The molecule has 2 aromatic carbocycles. The summed E-state index contributed by atoms with van der Waals surface area (Å²) in [7, 11) is 0. The first-order chi connectivity index (χ1) is 21.7. The number of carbonyl (C=O) groups is 2. The molecule has 4 N–H and O–H groups in total. The zero-order chi connectivity index (χ0) is 32.0. The zero-order valence-corrected chi connectivity index (χ0v) is 25.0. The van der Waals surface area contributed by atoms with E-state index in [1.807, 2.05) is 62.6 Å². The Bertz CT molecular complexity index is 1780. The number of carboxylic acid groups (broad SMARTS) is 1. The van der Waals surface area contributed by atoms with Crippen LogP contribution in [0.4, 0.5) is 11.6 Å². The van der Waals surface area contributed by atoms with E-state index in [0.29, 0.717) is 29.3 Å². The Morgan fingerprint density at radius 3 is 1.60 bits per heavy atom. The van der Waals surface area contributed by atoms with Crippen molar-refractivity contribution >= 4 is 23.5 Å². The van der Waals surface area contributed by atoms with Crippen molar-refractivity contribution in [3.63, 3.8) is 0 Å². The van der Waals surface area contributed by atoms with Gasteiger partial charge in [0, 0.05) is 48.8 Å². The number of rotatable bonds is 7. The van der Waals surface area contributed by atoms with E-state index in [2.05, 4.69) is 25.5 Å². The minimum absolute atomic E-state index is 0.158. The van der Waals surface area contributed by atoms with Crippen molar-refractivity contribution in [2.24, 2.45) is 0 Å². The van der Waals surface area contributed by atoms with Crippen molar-refractivity contribution in [2.45, 2.75) is 26.9 Å². The zero-order valence-electron chi connectivity index (χ0n) is 25.0. The quantitative estimate of drug-likeness (QED) is 0.217. The maximum absolute atomic E-state index is 12.1. The number of carboxylic acids is 1. The highest BCUT2D eigenvalue weighted by Gasteiger charge is 2.08. The number of nitrogens with two attached hydrogens (primary N) is 1. The maximum Gasteiger partial charge on any atom is 0.335 e. The number of nitrogens with one attached hydrogen (secondary N) is 1. The van der Waals surface area contributed by atoms with Gasteiger partial charge in [0.15, 0.2) is 5.82 Å². The largest absolute Gasteiger partial charge is 0.478 e. The minimum Gasteiger partial charge on any atom is -0.478 e. The fraction of sp³-hybridized carbons (Fsp3) is 0.118. The maximum atomic E-state index is 12.1. The molecule has 45 heavy (non-hydrogen) atoms. The standard InChI is InChI=1S/C17H16N4O.C9H10N4.C8H8O2/c1-13-2-4-15(5-3-13)17(22)19-16-8-11-21(20-16)12-14-6-9-18-10-7-14;10-9-3-6-13(12-9)7-8-1-4-11-5-2-8;1-6-2-4-7(5-3-6)8(9)10/h2-11H,12H2,1H3,(H,19,20,22);1-6H,7H2,(H2,10,12);2-5H,1H3,(H,9,10). The van der Waals surface area contributed by atoms with Crippen LogP contribution in [0.2, 0.25) is 0 Å². The molecule has 0 bridgehead atoms. The molecule has 0 saturated carbocycles. The summed E-state index contributed by atoms with van der Waals surface area (Å²) in [4.78, 5) is 30.4. The van der Waals surface area contributed by atoms with Crippen LogP contribution in [0, 0.1) is 13.8 Å². The van der Waals surface area contributed by atoms with Crippen LogP contribution in [0.25, 0.3) is 0 Å². The Kier molecular flexibility index (Phi) is 11.3. The lowest BCUT2D eigenvalue weighted by Crippen LogP contribution is -2.12. The second-order valence-corrected chi connectivity index (χ2v) is 10.0. The summed E-state index contributed by atoms with van der Waals surface area (Å²) in [5, 5.41) is 19.7. The number of nitrogen functional groups attached to an aromatic ring is 1. The lowest BCUT2D eigenvalue weighted by molar-refractivity contribution is 0.0696. The smallest absolute Gasteiger partial charge is 0.335 e. The van der Waals surface area contributed by atoms with Crippen LogP contribution in [0.1, 0.15) is 43.0 Å². The van der Waals surface area contributed by atoms with Crippen LogP contribution < -0.4 is 11.1 Å². The fourth-order valence-electron chi connectivity index (χ4n) is 3.92. The van der Waals surface area contributed by atoms with Gasteiger partial charge >= 0.3 is 5.97 Å². The number of carbonyl (C=O) groups excluding carboxylic acids is 1. The van der Waals surface area contributed by atoms with E-state index in [9.17, 15) is 9.59 Å². The van der Waals surface area contributed by atoms with Gasteiger partial charge in [0.2, 0.25) is 0 Å². The van der Waals surface area contributed by atoms with E-state index in [-0.39, 0.29) is 5.91 Å². The van der Waals surface area contributed by atoms with E-state index in [4.69, 9.17) is 10.8 Å². The van der Waals surface area contributed by atoms with E-state index >= 15 is 0 Å². The Morgan fingerprint density at radius 1 is 0.667 bits per heavy atom. The van der Waals surface area contributed by atoms with Gasteiger partial charge in [-0.15, -0.1) is 0 Å². The Hall–Kier alpha value is -6.10. The normalized spacial score (nSPS) is 10.1. The molecule has 0 spiro atoms. The summed E-state index contributed by atoms with van der Waals surface area (Å²) in [5.41, 5.74) is 10.9. The predicted octanol–water partition coefficient (Wildman–Crippen LogP) is 5.49. The van der Waals surface area contributed by atoms with E-state index in [1.165, 1.54) is 0 Å². The molecule has 6 rings (SSSR count). The van der Waals surface area contributed by atoms with Crippen LogP contribution in [0.5, 0.6) is 0 Å². The second-order valence-electron chi connectivity index (χ2n) is 10.0. The molecule has 228 valence electrons. The topological polar surface area (TPSA) is 154 Å². The van der Waals surface area contributed by atoms with E-state index in [0.717, 1.165) is 28.8 Å². The second kappa shape index (κ2) is 15.9. The Labute approximate surface area is 261 Å². The highest BCUT2D eigenvalue weighted by molar-refractivity contribution is 6.03. The van der Waals surface area contributed by atoms with E-state index < -0.39 is 5.97 Å². The van der Waals surface area contributed by atoms with Crippen molar-refractivity contribution in [3.8, 4) is 0 Å². The van der Waals surface area contributed by atoms with Crippen LogP contribution in [0.15, 0.2) is 122 Å². The summed E-state index contributed by atoms with van der Waals surface area (Å²) in [6, 6.07) is 25.5. The van der Waals surface area contributed by atoms with Crippen molar-refractivity contribution in [1.82, 2.24) is 29.5 Å². The monoisotopic (exact) mass is 602 g/mol. The molecule has 0 aliphatic heterocycles. The summed E-state index contributed by atoms with van der Waals surface area (Å²) < 4.78 is 3.57. The van der Waals surface area contributed by atoms with Crippen molar-refractivity contribution < 1.29 is 14.7 Å². The number of benzene rings is 2. The van der Waals surface area contributed by atoms with Crippen LogP contribution in [-0.2, 0) is 13.1 Å². The van der Waals surface area contributed by atoms with Gasteiger partial charge in [0.1, 0.15) is 5.82 Å². The average molecular weight is 603 g/mol. The SMILES string of the molecule is Cc1ccc(C(=O)Nc2ccn(Cc3ccncc3)n2)cc1.Cc1ccc(C(=O)O)cc1.Nc1ccn(Cc2ccncc2)n1. The van der Waals surface area contributed by atoms with Gasteiger partial charge in [-0.2, -0.15) is 10.2 Å². The van der Waals surface area contributed by atoms with Crippen molar-refractivity contribution in [3.05, 3.63) is 155 Å². The van der Waals surface area contributed by atoms with Gasteiger partial charge in [-0.1, -0.05) is 35.4 Å². The molecular weight excluding hydrogens is 568 g/mol. The molecule has 1 amide bonds. The molecule has 0 atom stereocenters. The number of amides is 1. The first kappa shape index (κ1) is 31.8. The van der Waals surface area contributed by atoms with Crippen LogP contribution in [-0.4, -0.2) is 46.5 Å². The van der Waals surface area contributed by atoms with Crippen molar-refractivity contribution in [2.75, 3.05) is 11.1 Å². The lowest BCUT2D eigenvalue weighted by atomic mass is 10.1. The first-order valence-corrected chi connectivity index (χ1v) is 14.0. The molecule has 6 aromatic rings. The molecule has 4 heterocycles. The first-order valence-electron chi connectivity index (χ1n) is 14.0. The van der Waals surface area contributed by atoms with Crippen LogP contribution >= 0.6 is 0 Å². The van der Waals surface area contributed by atoms with Gasteiger partial charge < -0.3 is 16.2 Å². The third-order valence-corrected chi connectivity index (χ3v) is 6.34. The highest BCUT2D eigenvalue weighted by atomic mass is 16.4. The number of anilines is 2. The van der Waals surface area contributed by atoms with Gasteiger partial charge in [-0.25, -0.2) is 4.79 Å². The molecule has 11 heteroatoms. The summed E-state index contributed by atoms with van der Waals surface area (Å²) in [6.07, 6.45) is 10.7. The number of hydrogen-bond donors (Lipinski definition) is 3. The summed E-state index contributed by atoms with van der Waals surface area (Å²) in [6.45, 7) is 5.29. The number of aromatic nitrogens is 6. The molecule has 0 fully saturated rings. The van der Waals surface area contributed by atoms with Gasteiger partial charge in [-0.05, 0) is 79.6 Å². The highest BCUT2D eigenvalue weighted by Crippen LogP contribution is 2.10. The average Bonchev–Trinajstić information content (AvgIpc) is 3.67. The van der Waals surface area contributed by atoms with Crippen molar-refractivity contribution in [1.29, 1.82) is 0 Å². The number of pyridine rings is 2. The third-order valence-electron chi connectivity index (χ3n) is 6.34. The number of aryl methyl sites for hydroxylation is 2. The predicted molar refractivity (Wildman–Crippen MR) is 173 cm³/mol. The minimum atomic E-state index is -0.875. The molecule has 0 aliphatic carbocycles. The fourth-order valence-corrected chi connectivity index (χ4v) is 3.92. The molecule has 0 radical (unpaired) electrons. The number of hydrogen-bond acceptors (Lipinski definition) is 7. The molecular formula is C34H34N8O3. The lowest BCUT2D eigenvalue weighted by Gasteiger charge is -2.03. The van der Waals surface area contributed by atoms with Gasteiger partial charge in [-0.3, -0.25) is 24.1 Å². The van der Waals surface area contributed by atoms with E-state index in [1.54, 1.807) is 82.7 Å². The van der Waals surface area contributed by atoms with Gasteiger partial charge in [0.25, 0.3) is 5.91 Å². The summed E-state index contributed by atoms with van der Waals surface area (Å²) in [5.74, 6) is 0.0582. The number of aromatic carboxylic acids is 1. The third kappa shape index (κ3) is 10.6. The molecule has 11 nitrogen and oxygen atoms in total. The molecule has 0 unspecified atom stereocenters. The Balaban J connectivity index is 0.000000170. The number of nitrogens with zero attached hydrogens (tertiary/aromatic N) is 6. The van der Waals surface area contributed by atoms with Gasteiger partial charge in [0.05, 0.1) is 18.7 Å². The summed E-state index contributed by atoms with van der Waals surface area (Å²) >= 11 is 0. The Morgan fingerprint density at radius 2 is 1.13 bits per heavy atom. The van der Waals surface area contributed by atoms with Crippen LogP contribution in [0.3, 0.4) is 0 Å². The molecule has 4 aromatic heterocycles.